The fourth-order valence-corrected chi connectivity index (χ4v) is 1.44. The summed E-state index contributed by atoms with van der Waals surface area (Å²) in [5.74, 6) is 0.528. The first-order valence-electron chi connectivity index (χ1n) is 4.09. The van der Waals surface area contributed by atoms with Gasteiger partial charge in [-0.15, -0.1) is 5.10 Å². The van der Waals surface area contributed by atoms with Crippen molar-refractivity contribution < 1.29 is 4.52 Å². The summed E-state index contributed by atoms with van der Waals surface area (Å²) in [6.07, 6.45) is 4.10. The summed E-state index contributed by atoms with van der Waals surface area (Å²) in [5, 5.41) is 12.3. The number of hydrogen-bond donors (Lipinski definition) is 0. The largest absolute Gasteiger partial charge is 0.338 e. The van der Waals surface area contributed by atoms with E-state index in [9.17, 15) is 0 Å². The van der Waals surface area contributed by atoms with E-state index in [-0.39, 0.29) is 0 Å². The summed E-state index contributed by atoms with van der Waals surface area (Å²) in [5.41, 5.74) is 0.946. The van der Waals surface area contributed by atoms with Gasteiger partial charge in [-0.05, 0) is 0 Å². The molecular weight excluding hydrogens is 250 g/mol. The fourth-order valence-electron chi connectivity index (χ4n) is 1.03. The van der Waals surface area contributed by atoms with Crippen LogP contribution < -0.4 is 0 Å². The quantitative estimate of drug-likeness (QED) is 0.753. The van der Waals surface area contributed by atoms with Crippen LogP contribution in [0.4, 0.5) is 0 Å². The van der Waals surface area contributed by atoms with E-state index in [4.69, 9.17) is 4.52 Å². The van der Waals surface area contributed by atoms with Crippen LogP contribution in [0.5, 0.6) is 0 Å². The molecule has 0 aliphatic rings. The molecule has 0 bridgehead atoms. The maximum Gasteiger partial charge on any atom is 0.248 e. The highest BCUT2D eigenvalue weighted by Crippen LogP contribution is 2.00. The van der Waals surface area contributed by atoms with Gasteiger partial charge in [0.25, 0.3) is 0 Å². The molecule has 0 aliphatic heterocycles. The molecule has 2 aromatic heterocycles. The van der Waals surface area contributed by atoms with Gasteiger partial charge in [-0.2, -0.15) is 4.98 Å². The van der Waals surface area contributed by atoms with Gasteiger partial charge < -0.3 is 4.52 Å². The fraction of sp³-hybridized carbons (Fsp3) is 0.429. The third kappa shape index (κ3) is 2.16. The Kier molecular flexibility index (Phi) is 2.87. The molecule has 2 heterocycles. The first-order valence-corrected chi connectivity index (χ1v) is 5.21. The summed E-state index contributed by atoms with van der Waals surface area (Å²) in [4.78, 5) is 3.89. The predicted octanol–water partition coefficient (Wildman–Crippen LogP) is 0.647. The molecule has 6 nitrogen and oxygen atoms in total. The van der Waals surface area contributed by atoms with Crippen molar-refractivity contribution in [2.75, 3.05) is 5.33 Å². The first-order chi connectivity index (χ1) is 6.88. The molecule has 0 aromatic carbocycles. The lowest BCUT2D eigenvalue weighted by Crippen LogP contribution is -2.00. The van der Waals surface area contributed by atoms with Crippen molar-refractivity contribution >= 4 is 15.9 Å². The topological polar surface area (TPSA) is 69.6 Å². The van der Waals surface area contributed by atoms with Crippen LogP contribution in [0, 0.1) is 0 Å². The van der Waals surface area contributed by atoms with E-state index < -0.39 is 0 Å². The zero-order valence-electron chi connectivity index (χ0n) is 7.30. The number of aromatic nitrogens is 5. The second-order valence-electron chi connectivity index (χ2n) is 2.68. The highest BCUT2D eigenvalue weighted by atomic mass is 79.9. The number of alkyl halides is 1. The molecular formula is C7H8BrN5O. The minimum atomic E-state index is 0.468. The maximum absolute atomic E-state index is 4.85. The van der Waals surface area contributed by atoms with Gasteiger partial charge in [0.1, 0.15) is 6.54 Å². The Bertz CT molecular complexity index is 384. The number of hydrogen-bond acceptors (Lipinski definition) is 5. The summed E-state index contributed by atoms with van der Waals surface area (Å²) in [6, 6.07) is 0. The van der Waals surface area contributed by atoms with Crippen molar-refractivity contribution in [3.05, 3.63) is 24.1 Å². The molecule has 0 fully saturated rings. The third-order valence-electron chi connectivity index (χ3n) is 1.64. The molecule has 0 radical (unpaired) electrons. The normalized spacial score (nSPS) is 10.6. The van der Waals surface area contributed by atoms with E-state index in [0.29, 0.717) is 12.4 Å². The summed E-state index contributed by atoms with van der Waals surface area (Å²) >= 11 is 3.34. The van der Waals surface area contributed by atoms with Crippen LogP contribution in [0.3, 0.4) is 0 Å². The van der Waals surface area contributed by atoms with Crippen molar-refractivity contribution in [3.63, 3.8) is 0 Å². The highest BCUT2D eigenvalue weighted by Gasteiger charge is 2.03. The van der Waals surface area contributed by atoms with Crippen molar-refractivity contribution in [2.24, 2.45) is 0 Å². The second-order valence-corrected chi connectivity index (χ2v) is 3.47. The molecule has 0 unspecified atom stereocenters. The Balaban J connectivity index is 2.03. The van der Waals surface area contributed by atoms with E-state index in [1.807, 2.05) is 6.20 Å². The van der Waals surface area contributed by atoms with Crippen LogP contribution in [-0.2, 0) is 13.0 Å². The minimum Gasteiger partial charge on any atom is -0.338 e. The Morgan fingerprint density at radius 2 is 2.43 bits per heavy atom. The molecule has 0 aliphatic carbocycles. The minimum absolute atomic E-state index is 0.468. The Morgan fingerprint density at radius 1 is 1.50 bits per heavy atom. The predicted molar refractivity (Wildman–Crippen MR) is 50.9 cm³/mol. The molecule has 0 amide bonds. The number of rotatable bonds is 4. The Morgan fingerprint density at radius 3 is 3.14 bits per heavy atom. The molecule has 0 atom stereocenters. The van der Waals surface area contributed by atoms with Gasteiger partial charge in [0, 0.05) is 17.9 Å². The van der Waals surface area contributed by atoms with Crippen LogP contribution in [0.1, 0.15) is 11.6 Å². The molecule has 74 valence electrons. The van der Waals surface area contributed by atoms with Crippen LogP contribution in [0.15, 0.2) is 17.0 Å². The molecule has 2 aromatic rings. The zero-order chi connectivity index (χ0) is 9.80. The number of nitrogens with zero attached hydrogens (tertiary/aromatic N) is 5. The summed E-state index contributed by atoms with van der Waals surface area (Å²) < 4.78 is 6.52. The standard InChI is InChI=1S/C7H8BrN5O/c8-2-1-6-3-13(12-11-6)4-7-9-5-10-14-7/h3,5H,1-2,4H2. The van der Waals surface area contributed by atoms with E-state index in [0.717, 1.165) is 17.4 Å². The average molecular weight is 258 g/mol. The van der Waals surface area contributed by atoms with E-state index in [1.54, 1.807) is 4.68 Å². The van der Waals surface area contributed by atoms with Gasteiger partial charge in [-0.25, -0.2) is 4.68 Å². The van der Waals surface area contributed by atoms with Crippen LogP contribution >= 0.6 is 15.9 Å². The van der Waals surface area contributed by atoms with Crippen LogP contribution in [-0.4, -0.2) is 30.5 Å². The molecule has 2 rings (SSSR count). The monoisotopic (exact) mass is 257 g/mol. The molecule has 0 saturated carbocycles. The van der Waals surface area contributed by atoms with Gasteiger partial charge in [-0.3, -0.25) is 0 Å². The summed E-state index contributed by atoms with van der Waals surface area (Å²) in [6.45, 7) is 0.468. The zero-order valence-corrected chi connectivity index (χ0v) is 8.88. The highest BCUT2D eigenvalue weighted by molar-refractivity contribution is 9.09. The van der Waals surface area contributed by atoms with Gasteiger partial charge in [0.05, 0.1) is 5.69 Å². The molecule has 0 saturated heterocycles. The Labute approximate surface area is 88.4 Å². The van der Waals surface area contributed by atoms with Gasteiger partial charge >= 0.3 is 0 Å². The van der Waals surface area contributed by atoms with Gasteiger partial charge in [0.15, 0.2) is 6.33 Å². The van der Waals surface area contributed by atoms with Crippen molar-refractivity contribution in [1.29, 1.82) is 0 Å². The maximum atomic E-state index is 4.85. The van der Waals surface area contributed by atoms with Crippen molar-refractivity contribution in [1.82, 2.24) is 25.1 Å². The van der Waals surface area contributed by atoms with Crippen LogP contribution in [0.25, 0.3) is 0 Å². The van der Waals surface area contributed by atoms with Crippen molar-refractivity contribution in [2.45, 2.75) is 13.0 Å². The Hall–Kier alpha value is -1.24. The summed E-state index contributed by atoms with van der Waals surface area (Å²) in [7, 11) is 0. The molecule has 14 heavy (non-hydrogen) atoms. The van der Waals surface area contributed by atoms with Gasteiger partial charge in [-0.1, -0.05) is 26.3 Å². The second kappa shape index (κ2) is 4.32. The number of aryl methyl sites for hydroxylation is 1. The SMILES string of the molecule is BrCCc1cn(Cc2ncno2)nn1. The van der Waals surface area contributed by atoms with E-state index in [1.165, 1.54) is 6.33 Å². The number of halogens is 1. The lowest BCUT2D eigenvalue weighted by Gasteiger charge is -1.91. The van der Waals surface area contributed by atoms with E-state index in [2.05, 4.69) is 36.4 Å². The van der Waals surface area contributed by atoms with E-state index >= 15 is 0 Å². The molecule has 0 spiro atoms. The average Bonchev–Trinajstić information content (AvgIpc) is 2.79. The van der Waals surface area contributed by atoms with Crippen molar-refractivity contribution in [3.8, 4) is 0 Å². The first kappa shape index (κ1) is 9.32. The van der Waals surface area contributed by atoms with Gasteiger partial charge in [0.2, 0.25) is 5.89 Å². The van der Waals surface area contributed by atoms with Crippen LogP contribution in [0.2, 0.25) is 0 Å². The lowest BCUT2D eigenvalue weighted by molar-refractivity contribution is 0.363. The smallest absolute Gasteiger partial charge is 0.248 e. The lowest BCUT2D eigenvalue weighted by atomic mass is 10.4. The molecule has 7 heteroatoms. The molecule has 0 N–H and O–H groups in total. The third-order valence-corrected chi connectivity index (χ3v) is 2.04.